The second kappa shape index (κ2) is 46.5. The first-order chi connectivity index (χ1) is 29.8. The van der Waals surface area contributed by atoms with Gasteiger partial charge in [-0.05, 0) is 111 Å². The Morgan fingerprint density at radius 2 is 0.787 bits per heavy atom. The van der Waals surface area contributed by atoms with Crippen LogP contribution >= 0.6 is 7.92 Å². The predicted octanol–water partition coefficient (Wildman–Crippen LogP) is 16.3. The number of hydrogen-bond donors (Lipinski definition) is 0. The summed E-state index contributed by atoms with van der Waals surface area (Å²) in [7, 11) is 3.56. The third-order valence-electron chi connectivity index (χ3n) is 12.2. The summed E-state index contributed by atoms with van der Waals surface area (Å²) < 4.78 is 11.1. The lowest BCUT2D eigenvalue weighted by atomic mass is 9.94. The van der Waals surface area contributed by atoms with Gasteiger partial charge in [0, 0.05) is 19.3 Å². The number of carbonyl (C=O) groups excluding carboxylic acids is 3. The molecule has 0 aliphatic carbocycles. The fraction of sp³-hybridized carbons (Fsp3) is 0.870. The van der Waals surface area contributed by atoms with Gasteiger partial charge in [0.15, 0.2) is 5.52 Å². The van der Waals surface area contributed by atoms with Crippen molar-refractivity contribution in [3.8, 4) is 0 Å². The van der Waals surface area contributed by atoms with E-state index in [9.17, 15) is 14.4 Å². The summed E-state index contributed by atoms with van der Waals surface area (Å²) in [5.74, 6) is 1.07. The van der Waals surface area contributed by atoms with Gasteiger partial charge in [-0.1, -0.05) is 193 Å². The Balaban J connectivity index is 4.40. The zero-order valence-electron chi connectivity index (χ0n) is 41.5. The monoisotopic (exact) mass is 876 g/mol. The quantitative estimate of drug-likeness (QED) is 0.0262. The molecule has 0 unspecified atom stereocenters. The summed E-state index contributed by atoms with van der Waals surface area (Å²) in [6, 6.07) is 0. The standard InChI is InChI=1S/C54H102NO5P/c1-7-11-15-25-36-50(37-26-16-12-8-2)40-34-46-59-52(56)42-29-21-19-23-31-48-61(54(58)44-33-45-55(5)6)49-32-24-20-22-30-43-53(57)60-47-35-41-51(38-27-17-13-9-3)39-28-18-14-10-4/h34-35,40-41,50-51H,7-33,36-39,42-49H2,1-6H3. The first-order valence-electron chi connectivity index (χ1n) is 26.3. The summed E-state index contributed by atoms with van der Waals surface area (Å²) in [6.45, 7) is 10.8. The van der Waals surface area contributed by atoms with Gasteiger partial charge < -0.3 is 14.4 Å². The Hall–Kier alpha value is -1.52. The highest BCUT2D eigenvalue weighted by atomic mass is 31.1. The highest BCUT2D eigenvalue weighted by Gasteiger charge is 2.17. The lowest BCUT2D eigenvalue weighted by Crippen LogP contribution is -2.14. The van der Waals surface area contributed by atoms with Crippen molar-refractivity contribution in [3.05, 3.63) is 24.3 Å². The maximum absolute atomic E-state index is 13.3. The van der Waals surface area contributed by atoms with Crippen molar-refractivity contribution in [3.63, 3.8) is 0 Å². The maximum Gasteiger partial charge on any atom is 0.306 e. The van der Waals surface area contributed by atoms with Crippen LogP contribution in [0.4, 0.5) is 0 Å². The summed E-state index contributed by atoms with van der Waals surface area (Å²) >= 11 is 0. The molecule has 0 fully saturated rings. The summed E-state index contributed by atoms with van der Waals surface area (Å²) in [5.41, 5.74) is 0.504. The SMILES string of the molecule is CCCCCCC(C=CCOC(=O)CCCCCCCP(CCCCCCCC(=O)OCC=CC(CCCCCC)CCCCCC)C(=O)CCCN(C)C)CCCCCC. The Bertz CT molecular complexity index is 952. The van der Waals surface area contributed by atoms with Crippen LogP contribution in [-0.4, -0.2) is 68.5 Å². The lowest BCUT2D eigenvalue weighted by molar-refractivity contribution is -0.143. The number of esters is 2. The van der Waals surface area contributed by atoms with E-state index in [1.165, 1.54) is 128 Å². The molecule has 0 rings (SSSR count). The molecule has 0 saturated carbocycles. The third-order valence-corrected chi connectivity index (χ3v) is 14.8. The summed E-state index contributed by atoms with van der Waals surface area (Å²) in [4.78, 5) is 40.2. The van der Waals surface area contributed by atoms with E-state index in [0.717, 1.165) is 89.5 Å². The molecule has 0 N–H and O–H groups in total. The molecule has 7 heteroatoms. The van der Waals surface area contributed by atoms with Gasteiger partial charge in [0.2, 0.25) is 0 Å². The maximum atomic E-state index is 13.3. The minimum atomic E-state index is -0.591. The van der Waals surface area contributed by atoms with Gasteiger partial charge in [0.25, 0.3) is 0 Å². The highest BCUT2D eigenvalue weighted by Crippen LogP contribution is 2.41. The Labute approximate surface area is 381 Å². The van der Waals surface area contributed by atoms with Crippen LogP contribution in [0.2, 0.25) is 0 Å². The Morgan fingerprint density at radius 3 is 1.15 bits per heavy atom. The number of rotatable bonds is 47. The normalized spacial score (nSPS) is 12.5. The molecule has 0 saturated heterocycles. The van der Waals surface area contributed by atoms with Crippen LogP contribution in [0, 0.1) is 11.8 Å². The molecule has 0 radical (unpaired) electrons. The van der Waals surface area contributed by atoms with Crippen molar-refractivity contribution in [2.24, 2.45) is 11.8 Å². The molecule has 0 bridgehead atoms. The number of allylic oxidation sites excluding steroid dienone is 2. The fourth-order valence-corrected chi connectivity index (χ4v) is 10.6. The molecular formula is C54H102NO5P. The van der Waals surface area contributed by atoms with Crippen LogP contribution in [0.25, 0.3) is 0 Å². The van der Waals surface area contributed by atoms with E-state index < -0.39 is 7.92 Å². The van der Waals surface area contributed by atoms with Gasteiger partial charge >= 0.3 is 11.9 Å². The minimum Gasteiger partial charge on any atom is -0.461 e. The Kier molecular flexibility index (Phi) is 45.3. The van der Waals surface area contributed by atoms with E-state index in [1.54, 1.807) is 0 Å². The van der Waals surface area contributed by atoms with Crippen molar-refractivity contribution < 1.29 is 23.9 Å². The van der Waals surface area contributed by atoms with Crippen LogP contribution in [0.5, 0.6) is 0 Å². The summed E-state index contributed by atoms with van der Waals surface area (Å²) in [5, 5.41) is 0. The van der Waals surface area contributed by atoms with Gasteiger partial charge in [0.05, 0.1) is 0 Å². The van der Waals surface area contributed by atoms with E-state index >= 15 is 0 Å². The first-order valence-corrected chi connectivity index (χ1v) is 28.0. The molecule has 0 aliphatic heterocycles. The van der Waals surface area contributed by atoms with Crippen LogP contribution in [0.3, 0.4) is 0 Å². The van der Waals surface area contributed by atoms with Crippen LogP contribution in [0.15, 0.2) is 24.3 Å². The van der Waals surface area contributed by atoms with Crippen molar-refractivity contribution >= 4 is 25.4 Å². The molecule has 0 amide bonds. The van der Waals surface area contributed by atoms with Gasteiger partial charge in [0.1, 0.15) is 13.2 Å². The minimum absolute atomic E-state index is 0.0771. The van der Waals surface area contributed by atoms with Crippen molar-refractivity contribution in [1.82, 2.24) is 4.90 Å². The molecule has 0 aliphatic rings. The van der Waals surface area contributed by atoms with E-state index in [-0.39, 0.29) is 11.9 Å². The van der Waals surface area contributed by atoms with Crippen LogP contribution < -0.4 is 0 Å². The fourth-order valence-electron chi connectivity index (χ4n) is 8.20. The van der Waals surface area contributed by atoms with Gasteiger partial charge in [-0.15, -0.1) is 0 Å². The van der Waals surface area contributed by atoms with E-state index in [0.29, 0.717) is 49.8 Å². The van der Waals surface area contributed by atoms with Crippen molar-refractivity contribution in [2.45, 2.75) is 246 Å². The van der Waals surface area contributed by atoms with E-state index in [4.69, 9.17) is 9.47 Å². The molecular weight excluding hydrogens is 774 g/mol. The van der Waals surface area contributed by atoms with Crippen molar-refractivity contribution in [1.29, 1.82) is 0 Å². The third kappa shape index (κ3) is 42.2. The average Bonchev–Trinajstić information content (AvgIpc) is 3.24. The highest BCUT2D eigenvalue weighted by molar-refractivity contribution is 7.74. The van der Waals surface area contributed by atoms with Gasteiger partial charge in [-0.2, -0.15) is 0 Å². The van der Waals surface area contributed by atoms with Crippen molar-refractivity contribution in [2.75, 3.05) is 46.2 Å². The topological polar surface area (TPSA) is 72.9 Å². The van der Waals surface area contributed by atoms with Crippen LogP contribution in [-0.2, 0) is 23.9 Å². The molecule has 6 nitrogen and oxygen atoms in total. The van der Waals surface area contributed by atoms with E-state index in [2.05, 4.69) is 71.0 Å². The molecule has 0 aromatic heterocycles. The van der Waals surface area contributed by atoms with Crippen LogP contribution in [0.1, 0.15) is 246 Å². The second-order valence-corrected chi connectivity index (χ2v) is 20.9. The number of hydrogen-bond acceptors (Lipinski definition) is 6. The Morgan fingerprint density at radius 1 is 0.443 bits per heavy atom. The predicted molar refractivity (Wildman–Crippen MR) is 267 cm³/mol. The summed E-state index contributed by atoms with van der Waals surface area (Å²) in [6.07, 6.45) is 49.9. The molecule has 358 valence electrons. The average molecular weight is 876 g/mol. The molecule has 61 heavy (non-hydrogen) atoms. The zero-order chi connectivity index (χ0) is 44.9. The number of ether oxygens (including phenoxy) is 2. The number of nitrogens with zero attached hydrogens (tertiary/aromatic N) is 1. The molecule has 0 aromatic rings. The zero-order valence-corrected chi connectivity index (χ0v) is 42.4. The van der Waals surface area contributed by atoms with Gasteiger partial charge in [-0.25, -0.2) is 0 Å². The van der Waals surface area contributed by atoms with E-state index in [1.807, 2.05) is 0 Å². The number of carbonyl (C=O) groups is 3. The molecule has 0 aromatic carbocycles. The first kappa shape index (κ1) is 59.5. The second-order valence-electron chi connectivity index (χ2n) is 18.5. The lowest BCUT2D eigenvalue weighted by Gasteiger charge is -2.17. The number of unbranched alkanes of at least 4 members (excludes halogenated alkanes) is 20. The molecule has 0 spiro atoms. The molecule has 0 atom stereocenters. The largest absolute Gasteiger partial charge is 0.461 e. The smallest absolute Gasteiger partial charge is 0.306 e. The van der Waals surface area contributed by atoms with Gasteiger partial charge in [-0.3, -0.25) is 14.4 Å². The molecule has 0 heterocycles.